The van der Waals surface area contributed by atoms with E-state index in [0.29, 0.717) is 19.6 Å². The molecule has 15 heavy (non-hydrogen) atoms. The first-order valence-corrected chi connectivity index (χ1v) is 5.21. The van der Waals surface area contributed by atoms with Gasteiger partial charge in [-0.2, -0.15) is 0 Å². The van der Waals surface area contributed by atoms with Crippen LogP contribution in [0.4, 0.5) is 4.79 Å². The molecule has 2 saturated heterocycles. The van der Waals surface area contributed by atoms with Crippen LogP contribution in [0, 0.1) is 0 Å². The van der Waals surface area contributed by atoms with Gasteiger partial charge < -0.3 is 10.1 Å². The van der Waals surface area contributed by atoms with Gasteiger partial charge in [-0.1, -0.05) is 0 Å². The summed E-state index contributed by atoms with van der Waals surface area (Å²) in [6.07, 6.45) is 1.11. The van der Waals surface area contributed by atoms with Gasteiger partial charge in [0.15, 0.2) is 0 Å². The third kappa shape index (κ3) is 1.97. The van der Waals surface area contributed by atoms with E-state index in [2.05, 4.69) is 5.32 Å². The number of carbonyl (C=O) groups excluding carboxylic acids is 2. The van der Waals surface area contributed by atoms with Gasteiger partial charge in [0, 0.05) is 18.6 Å². The van der Waals surface area contributed by atoms with E-state index in [1.54, 1.807) is 0 Å². The molecule has 0 aromatic heterocycles. The van der Waals surface area contributed by atoms with Gasteiger partial charge >= 0.3 is 6.03 Å². The molecule has 5 nitrogen and oxygen atoms in total. The molecular formula is C10H16N2O3. The molecule has 3 amide bonds. The van der Waals surface area contributed by atoms with Crippen LogP contribution < -0.4 is 5.32 Å². The first-order chi connectivity index (χ1) is 6.99. The van der Waals surface area contributed by atoms with E-state index < -0.39 is 5.54 Å². The Morgan fingerprint density at radius 2 is 2.20 bits per heavy atom. The van der Waals surface area contributed by atoms with Crippen LogP contribution in [-0.2, 0) is 9.53 Å². The Balaban J connectivity index is 2.12. The van der Waals surface area contributed by atoms with Crippen molar-refractivity contribution in [3.8, 4) is 0 Å². The molecule has 0 spiro atoms. The van der Waals surface area contributed by atoms with Gasteiger partial charge in [-0.3, -0.25) is 9.69 Å². The van der Waals surface area contributed by atoms with Gasteiger partial charge in [0.1, 0.15) is 0 Å². The highest BCUT2D eigenvalue weighted by atomic mass is 16.5. The third-order valence-electron chi connectivity index (χ3n) is 2.80. The number of hydrogen-bond acceptors (Lipinski definition) is 3. The van der Waals surface area contributed by atoms with E-state index in [4.69, 9.17) is 4.74 Å². The molecule has 84 valence electrons. The van der Waals surface area contributed by atoms with E-state index in [9.17, 15) is 9.59 Å². The fraction of sp³-hybridized carbons (Fsp3) is 0.800. The summed E-state index contributed by atoms with van der Waals surface area (Å²) in [6.45, 7) is 4.81. The summed E-state index contributed by atoms with van der Waals surface area (Å²) in [4.78, 5) is 24.9. The third-order valence-corrected chi connectivity index (χ3v) is 2.80. The van der Waals surface area contributed by atoms with Crippen molar-refractivity contribution in [1.82, 2.24) is 10.2 Å². The number of nitrogens with one attached hydrogen (secondary N) is 1. The molecular weight excluding hydrogens is 196 g/mol. The predicted octanol–water partition coefficient (Wildman–Crippen LogP) is 0.496. The van der Waals surface area contributed by atoms with Crippen LogP contribution >= 0.6 is 0 Å². The monoisotopic (exact) mass is 212 g/mol. The molecule has 5 heteroatoms. The molecule has 1 atom stereocenters. The summed E-state index contributed by atoms with van der Waals surface area (Å²) >= 11 is 0. The summed E-state index contributed by atoms with van der Waals surface area (Å²) in [5, 5.41) is 2.82. The minimum atomic E-state index is -0.426. The van der Waals surface area contributed by atoms with E-state index in [1.807, 2.05) is 13.8 Å². The highest BCUT2D eigenvalue weighted by molar-refractivity contribution is 5.98. The van der Waals surface area contributed by atoms with Crippen molar-refractivity contribution in [3.63, 3.8) is 0 Å². The Bertz CT molecular complexity index is 275. The maximum Gasteiger partial charge on any atom is 0.324 e. The highest BCUT2D eigenvalue weighted by Gasteiger charge is 2.41. The normalized spacial score (nSPS) is 30.5. The van der Waals surface area contributed by atoms with Gasteiger partial charge in [0.2, 0.25) is 5.91 Å². The molecule has 2 aliphatic heterocycles. The van der Waals surface area contributed by atoms with Crippen molar-refractivity contribution in [2.75, 3.05) is 13.2 Å². The number of amides is 3. The smallest absolute Gasteiger partial charge is 0.324 e. The number of imide groups is 1. The van der Waals surface area contributed by atoms with E-state index in [1.165, 1.54) is 4.90 Å². The molecule has 1 N–H and O–H groups in total. The predicted molar refractivity (Wildman–Crippen MR) is 53.3 cm³/mol. The number of ether oxygens (including phenoxy) is 1. The molecule has 2 rings (SSSR count). The Morgan fingerprint density at radius 3 is 2.73 bits per heavy atom. The van der Waals surface area contributed by atoms with Crippen LogP contribution in [0.3, 0.4) is 0 Å². The van der Waals surface area contributed by atoms with Crippen molar-refractivity contribution >= 4 is 11.9 Å². The van der Waals surface area contributed by atoms with Crippen molar-refractivity contribution in [2.24, 2.45) is 0 Å². The largest absolute Gasteiger partial charge is 0.379 e. The second-order valence-electron chi connectivity index (χ2n) is 4.77. The van der Waals surface area contributed by atoms with E-state index in [-0.39, 0.29) is 18.0 Å². The van der Waals surface area contributed by atoms with Crippen LogP contribution in [0.5, 0.6) is 0 Å². The lowest BCUT2D eigenvalue weighted by molar-refractivity contribution is -0.133. The van der Waals surface area contributed by atoms with E-state index >= 15 is 0 Å². The number of rotatable bonds is 1. The average Bonchev–Trinajstić information content (AvgIpc) is 2.52. The topological polar surface area (TPSA) is 58.6 Å². The lowest BCUT2D eigenvalue weighted by Gasteiger charge is -2.38. The molecule has 2 fully saturated rings. The summed E-state index contributed by atoms with van der Waals surface area (Å²) in [7, 11) is 0. The molecule has 0 bridgehead atoms. The number of nitrogens with zero attached hydrogens (tertiary/aromatic N) is 1. The van der Waals surface area contributed by atoms with E-state index in [0.717, 1.165) is 6.42 Å². The highest BCUT2D eigenvalue weighted by Crippen LogP contribution is 2.22. The zero-order valence-electron chi connectivity index (χ0n) is 9.08. The number of carbonyl (C=O) groups is 2. The lowest BCUT2D eigenvalue weighted by atomic mass is 9.97. The summed E-state index contributed by atoms with van der Waals surface area (Å²) in [5.41, 5.74) is -0.426. The quantitative estimate of drug-likeness (QED) is 0.688. The molecule has 0 aromatic rings. The second kappa shape index (κ2) is 3.48. The summed E-state index contributed by atoms with van der Waals surface area (Å²) < 4.78 is 5.19. The average molecular weight is 212 g/mol. The fourth-order valence-corrected chi connectivity index (χ4v) is 2.07. The van der Waals surface area contributed by atoms with Gasteiger partial charge in [-0.05, 0) is 20.3 Å². The maximum atomic E-state index is 11.8. The van der Waals surface area contributed by atoms with Crippen LogP contribution in [0.25, 0.3) is 0 Å². The first kappa shape index (κ1) is 10.4. The molecule has 0 aliphatic carbocycles. The molecule has 0 aromatic carbocycles. The van der Waals surface area contributed by atoms with Crippen molar-refractivity contribution in [2.45, 2.75) is 38.3 Å². The molecule has 2 heterocycles. The van der Waals surface area contributed by atoms with Crippen molar-refractivity contribution < 1.29 is 14.3 Å². The molecule has 1 unspecified atom stereocenters. The van der Waals surface area contributed by atoms with Crippen LogP contribution in [0.2, 0.25) is 0 Å². The van der Waals surface area contributed by atoms with Crippen LogP contribution in [0.15, 0.2) is 0 Å². The van der Waals surface area contributed by atoms with Crippen LogP contribution in [-0.4, -0.2) is 41.6 Å². The fourth-order valence-electron chi connectivity index (χ4n) is 2.07. The lowest BCUT2D eigenvalue weighted by Crippen LogP contribution is -2.62. The molecule has 0 saturated carbocycles. The van der Waals surface area contributed by atoms with Gasteiger partial charge in [-0.15, -0.1) is 0 Å². The minimum Gasteiger partial charge on any atom is -0.379 e. The summed E-state index contributed by atoms with van der Waals surface area (Å²) in [5.74, 6) is -0.0979. The Hall–Kier alpha value is -1.10. The van der Waals surface area contributed by atoms with Gasteiger partial charge in [-0.25, -0.2) is 4.79 Å². The van der Waals surface area contributed by atoms with Crippen molar-refractivity contribution in [3.05, 3.63) is 0 Å². The zero-order valence-corrected chi connectivity index (χ0v) is 9.08. The Morgan fingerprint density at radius 1 is 1.47 bits per heavy atom. The Kier molecular flexibility index (Phi) is 2.42. The molecule has 0 radical (unpaired) electrons. The first-order valence-electron chi connectivity index (χ1n) is 5.21. The molecule has 2 aliphatic rings. The van der Waals surface area contributed by atoms with Gasteiger partial charge in [0.25, 0.3) is 0 Å². The van der Waals surface area contributed by atoms with Gasteiger partial charge in [0.05, 0.1) is 12.6 Å². The maximum absolute atomic E-state index is 11.8. The number of hydrogen-bond donors (Lipinski definition) is 1. The van der Waals surface area contributed by atoms with Crippen LogP contribution in [0.1, 0.15) is 26.7 Å². The number of urea groups is 1. The van der Waals surface area contributed by atoms with Crippen molar-refractivity contribution in [1.29, 1.82) is 0 Å². The minimum absolute atomic E-state index is 0.0754. The standard InChI is InChI=1S/C10H16N2O3/c1-10(2)5-8(13)12(9(14)11-10)7-3-4-15-6-7/h7H,3-6H2,1-2H3,(H,11,14). The SMILES string of the molecule is CC1(C)CC(=O)N(C2CCOC2)C(=O)N1. The Labute approximate surface area is 88.8 Å². The second-order valence-corrected chi connectivity index (χ2v) is 4.77. The summed E-state index contributed by atoms with van der Waals surface area (Å²) in [6, 6.07) is -0.361. The zero-order chi connectivity index (χ0) is 11.1.